The Hall–Kier alpha value is -3.75. The number of rotatable bonds is 7. The highest BCUT2D eigenvalue weighted by Gasteiger charge is 2.26. The first-order valence-corrected chi connectivity index (χ1v) is 12.1. The summed E-state index contributed by atoms with van der Waals surface area (Å²) in [5.41, 5.74) is 4.32. The van der Waals surface area contributed by atoms with Gasteiger partial charge in [-0.15, -0.1) is 0 Å². The molecule has 2 aromatic heterocycles. The molecule has 0 bridgehead atoms. The molecule has 2 N–H and O–H groups in total. The van der Waals surface area contributed by atoms with Crippen molar-refractivity contribution in [3.63, 3.8) is 0 Å². The number of H-pyrrole nitrogens is 1. The molecule has 0 radical (unpaired) electrons. The fourth-order valence-corrected chi connectivity index (χ4v) is 4.61. The van der Waals surface area contributed by atoms with Gasteiger partial charge in [0, 0.05) is 42.1 Å². The summed E-state index contributed by atoms with van der Waals surface area (Å²) < 4.78 is 16.9. The molecule has 1 saturated carbocycles. The van der Waals surface area contributed by atoms with E-state index in [-0.39, 0.29) is 11.4 Å². The molecule has 2 aliphatic carbocycles. The molecular weight excluding hydrogens is 445 g/mol. The number of anilines is 1. The normalized spacial score (nSPS) is 16.3. The van der Waals surface area contributed by atoms with E-state index in [1.54, 1.807) is 25.3 Å². The maximum absolute atomic E-state index is 13.5. The Bertz CT molecular complexity index is 1370. The Morgan fingerprint density at radius 3 is 2.69 bits per heavy atom. The van der Waals surface area contributed by atoms with Crippen molar-refractivity contribution in [2.24, 2.45) is 15.9 Å². The van der Waals surface area contributed by atoms with Crippen molar-refractivity contribution >= 4 is 18.4 Å². The van der Waals surface area contributed by atoms with Crippen LogP contribution in [0.1, 0.15) is 42.5 Å². The number of allylic oxidation sites excluding steroid dienone is 1. The average Bonchev–Trinajstić information content (AvgIpc) is 3.56. The number of nitrogens with zero attached hydrogens (tertiary/aromatic N) is 5. The van der Waals surface area contributed by atoms with Crippen molar-refractivity contribution in [1.82, 2.24) is 19.6 Å². The van der Waals surface area contributed by atoms with Crippen LogP contribution in [-0.2, 0) is 19.4 Å². The lowest BCUT2D eigenvalue weighted by Crippen LogP contribution is -2.26. The van der Waals surface area contributed by atoms with Crippen LogP contribution < -0.4 is 10.9 Å². The number of nitrogens with one attached hydrogen (secondary N) is 2. The van der Waals surface area contributed by atoms with Crippen molar-refractivity contribution in [3.05, 3.63) is 69.2 Å². The van der Waals surface area contributed by atoms with Gasteiger partial charge < -0.3 is 5.32 Å². The quantitative estimate of drug-likeness (QED) is 0.394. The smallest absolute Gasteiger partial charge is 0.276 e. The second-order valence-electron chi connectivity index (χ2n) is 9.27. The first-order chi connectivity index (χ1) is 17.0. The number of aromatic amines is 1. The fraction of sp³-hybridized carbons (Fsp3) is 0.385. The van der Waals surface area contributed by atoms with E-state index in [0.717, 1.165) is 66.1 Å². The van der Waals surface area contributed by atoms with E-state index >= 15 is 0 Å². The number of fused-ring (bicyclic) bond motifs is 1. The van der Waals surface area contributed by atoms with Gasteiger partial charge in [-0.1, -0.05) is 0 Å². The van der Waals surface area contributed by atoms with Gasteiger partial charge in [0.05, 0.1) is 5.69 Å². The first kappa shape index (κ1) is 23.0. The summed E-state index contributed by atoms with van der Waals surface area (Å²) in [5.74, 6) is 2.01. The van der Waals surface area contributed by atoms with Gasteiger partial charge in [0.15, 0.2) is 5.84 Å². The van der Waals surface area contributed by atoms with E-state index in [0.29, 0.717) is 17.6 Å². The maximum Gasteiger partial charge on any atom is 0.276 e. The molecule has 8 nitrogen and oxygen atoms in total. The number of benzene rings is 1. The average molecular weight is 476 g/mol. The molecule has 0 atom stereocenters. The van der Waals surface area contributed by atoms with Crippen LogP contribution in [0.5, 0.6) is 0 Å². The van der Waals surface area contributed by atoms with E-state index in [4.69, 9.17) is 5.10 Å². The summed E-state index contributed by atoms with van der Waals surface area (Å²) in [6.07, 6.45) is 7.82. The van der Waals surface area contributed by atoms with Gasteiger partial charge in [-0.2, -0.15) is 5.10 Å². The Balaban J connectivity index is 1.50. The molecule has 182 valence electrons. The molecule has 2 heterocycles. The molecule has 35 heavy (non-hydrogen) atoms. The number of hydrogen-bond donors (Lipinski definition) is 2. The van der Waals surface area contributed by atoms with E-state index < -0.39 is 0 Å². The molecular formula is C26H30FN7O. The van der Waals surface area contributed by atoms with Crippen LogP contribution in [0.4, 0.5) is 10.2 Å². The molecule has 3 aromatic rings. The van der Waals surface area contributed by atoms with E-state index in [9.17, 15) is 9.18 Å². The number of aromatic nitrogens is 4. The molecule has 5 rings (SSSR count). The number of aliphatic imine (C=N–C) groups is 2. The lowest BCUT2D eigenvalue weighted by Gasteiger charge is -2.11. The monoisotopic (exact) mass is 475 g/mol. The minimum Gasteiger partial charge on any atom is -0.325 e. The predicted molar refractivity (Wildman–Crippen MR) is 137 cm³/mol. The zero-order chi connectivity index (χ0) is 24.5. The topological polar surface area (TPSA) is 92.4 Å². The van der Waals surface area contributed by atoms with Crippen molar-refractivity contribution < 1.29 is 4.39 Å². The van der Waals surface area contributed by atoms with Gasteiger partial charge in [0.2, 0.25) is 0 Å². The summed E-state index contributed by atoms with van der Waals surface area (Å²) in [6.45, 7) is 6.49. The Labute approximate surface area is 203 Å². The molecule has 1 fully saturated rings. The molecule has 0 saturated heterocycles. The van der Waals surface area contributed by atoms with Crippen LogP contribution in [0.15, 0.2) is 50.9 Å². The first-order valence-electron chi connectivity index (χ1n) is 12.1. The van der Waals surface area contributed by atoms with Gasteiger partial charge in [0.1, 0.15) is 17.5 Å². The lowest BCUT2D eigenvalue weighted by atomic mass is 9.98. The zero-order valence-electron chi connectivity index (χ0n) is 20.1. The van der Waals surface area contributed by atoms with Crippen LogP contribution in [0, 0.1) is 18.7 Å². The molecule has 1 aromatic carbocycles. The molecule has 0 aliphatic heterocycles. The minimum atomic E-state index is -0.282. The third-order valence-corrected chi connectivity index (χ3v) is 6.75. The SMILES string of the molecule is C=N/C(=C\C(=N/C)n1[nH]c2c(c1=O)CCCC2)Nc1c(C)c(-c2ccc(F)cc2)nn1CC1CC1. The molecule has 2 aliphatic rings. The minimum absolute atomic E-state index is 0.0616. The number of halogens is 1. The number of hydrogen-bond acceptors (Lipinski definition) is 5. The van der Waals surface area contributed by atoms with Crippen LogP contribution in [-0.4, -0.2) is 39.2 Å². The van der Waals surface area contributed by atoms with Crippen LogP contribution in [0.3, 0.4) is 0 Å². The number of aryl methyl sites for hydroxylation is 1. The second-order valence-corrected chi connectivity index (χ2v) is 9.27. The van der Waals surface area contributed by atoms with Gasteiger partial charge in [-0.25, -0.2) is 18.7 Å². The second kappa shape index (κ2) is 9.48. The van der Waals surface area contributed by atoms with Crippen LogP contribution in [0.2, 0.25) is 0 Å². The highest BCUT2D eigenvalue weighted by molar-refractivity contribution is 5.95. The van der Waals surface area contributed by atoms with Crippen molar-refractivity contribution in [1.29, 1.82) is 0 Å². The highest BCUT2D eigenvalue weighted by atomic mass is 19.1. The third-order valence-electron chi connectivity index (χ3n) is 6.75. The summed E-state index contributed by atoms with van der Waals surface area (Å²) in [4.78, 5) is 21.5. The molecule has 0 amide bonds. The molecule has 0 spiro atoms. The summed E-state index contributed by atoms with van der Waals surface area (Å²) in [6, 6.07) is 6.35. The lowest BCUT2D eigenvalue weighted by molar-refractivity contribution is 0.570. The maximum atomic E-state index is 13.5. The standard InChI is InChI=1S/C26H30FN7O/c1-16-24(18-10-12-19(27)13-11-18)32-33(15-17-8-9-17)25(16)30-22(28-2)14-23(29-3)34-26(35)20-6-4-5-7-21(20)31-34/h10-14,17,30-31H,2,4-9,15H2,1,3H3/b22-14+,29-23+. The summed E-state index contributed by atoms with van der Waals surface area (Å²) in [7, 11) is 1.65. The van der Waals surface area contributed by atoms with Gasteiger partial charge in [-0.3, -0.25) is 14.9 Å². The third kappa shape index (κ3) is 4.62. The molecule has 0 unspecified atom stereocenters. The highest BCUT2D eigenvalue weighted by Crippen LogP contribution is 2.35. The molecule has 9 heteroatoms. The van der Waals surface area contributed by atoms with Gasteiger partial charge in [0.25, 0.3) is 5.56 Å². The summed E-state index contributed by atoms with van der Waals surface area (Å²) in [5, 5.41) is 11.4. The predicted octanol–water partition coefficient (Wildman–Crippen LogP) is 4.31. The van der Waals surface area contributed by atoms with Crippen molar-refractivity contribution in [2.75, 3.05) is 12.4 Å². The van der Waals surface area contributed by atoms with Crippen LogP contribution in [0.25, 0.3) is 11.3 Å². The van der Waals surface area contributed by atoms with Crippen molar-refractivity contribution in [2.45, 2.75) is 52.0 Å². The fourth-order valence-electron chi connectivity index (χ4n) is 4.61. The largest absolute Gasteiger partial charge is 0.325 e. The summed E-state index contributed by atoms with van der Waals surface area (Å²) >= 11 is 0. The Kier molecular flexibility index (Phi) is 6.23. The van der Waals surface area contributed by atoms with E-state index in [1.165, 1.54) is 29.7 Å². The van der Waals surface area contributed by atoms with Crippen molar-refractivity contribution in [3.8, 4) is 11.3 Å². The Morgan fingerprint density at radius 2 is 2.03 bits per heavy atom. The van der Waals surface area contributed by atoms with Crippen LogP contribution >= 0.6 is 0 Å². The van der Waals surface area contributed by atoms with Gasteiger partial charge >= 0.3 is 0 Å². The van der Waals surface area contributed by atoms with Gasteiger partial charge in [-0.05, 0) is 82.3 Å². The van der Waals surface area contributed by atoms with E-state index in [2.05, 4.69) is 27.1 Å². The Morgan fingerprint density at radius 1 is 1.29 bits per heavy atom. The zero-order valence-corrected chi connectivity index (χ0v) is 20.1. The van der Waals surface area contributed by atoms with E-state index in [1.807, 2.05) is 11.6 Å².